The van der Waals surface area contributed by atoms with Crippen molar-refractivity contribution in [2.24, 2.45) is 16.9 Å². The van der Waals surface area contributed by atoms with Gasteiger partial charge in [0.15, 0.2) is 0 Å². The van der Waals surface area contributed by atoms with E-state index in [2.05, 4.69) is 34.6 Å². The molecule has 0 fully saturated rings. The first-order chi connectivity index (χ1) is 6.17. The highest BCUT2D eigenvalue weighted by molar-refractivity contribution is 4.90. The summed E-state index contributed by atoms with van der Waals surface area (Å²) in [5.74, 6) is 0. The molecule has 0 aliphatic carbocycles. The van der Waals surface area contributed by atoms with E-state index in [0.717, 1.165) is 12.8 Å². The Kier molecular flexibility index (Phi) is 5.10. The van der Waals surface area contributed by atoms with Crippen LogP contribution in [-0.4, -0.2) is 11.6 Å². The van der Waals surface area contributed by atoms with E-state index < -0.39 is 0 Å². The van der Waals surface area contributed by atoms with Crippen molar-refractivity contribution in [3.8, 4) is 0 Å². The van der Waals surface area contributed by atoms with Gasteiger partial charge in [-0.15, -0.1) is 0 Å². The first-order valence-corrected chi connectivity index (χ1v) is 5.71. The lowest BCUT2D eigenvalue weighted by atomic mass is 9.73. The Bertz CT molecular complexity index is 154. The summed E-state index contributed by atoms with van der Waals surface area (Å²) in [6.07, 6.45) is 4.58. The molecule has 0 saturated heterocycles. The highest BCUT2D eigenvalue weighted by Crippen LogP contribution is 2.31. The zero-order valence-electron chi connectivity index (χ0n) is 10.6. The van der Waals surface area contributed by atoms with E-state index in [-0.39, 0.29) is 11.0 Å². The molecule has 0 saturated carbocycles. The molecule has 0 bridgehead atoms. The van der Waals surface area contributed by atoms with Crippen LogP contribution in [0.15, 0.2) is 0 Å². The average molecular weight is 200 g/mol. The van der Waals surface area contributed by atoms with Crippen LogP contribution < -0.4 is 11.5 Å². The number of hydrogen-bond acceptors (Lipinski definition) is 2. The molecule has 0 heterocycles. The minimum Gasteiger partial charge on any atom is -0.328 e. The summed E-state index contributed by atoms with van der Waals surface area (Å²) in [6, 6.07) is 0.327. The Hall–Kier alpha value is -0.0800. The monoisotopic (exact) mass is 200 g/mol. The molecule has 0 aromatic rings. The quantitative estimate of drug-likeness (QED) is 0.670. The van der Waals surface area contributed by atoms with Crippen molar-refractivity contribution in [2.75, 3.05) is 0 Å². The third kappa shape index (κ3) is 4.97. The predicted octanol–water partition coefficient (Wildman–Crippen LogP) is 2.66. The van der Waals surface area contributed by atoms with Crippen LogP contribution in [0.5, 0.6) is 0 Å². The highest BCUT2D eigenvalue weighted by atomic mass is 14.8. The molecule has 4 N–H and O–H groups in total. The second-order valence-corrected chi connectivity index (χ2v) is 5.89. The number of hydrogen-bond donors (Lipinski definition) is 2. The molecule has 0 aromatic heterocycles. The van der Waals surface area contributed by atoms with Crippen LogP contribution >= 0.6 is 0 Å². The summed E-state index contributed by atoms with van der Waals surface area (Å²) in [7, 11) is 0. The fraction of sp³-hybridized carbons (Fsp3) is 1.00. The van der Waals surface area contributed by atoms with Gasteiger partial charge in [-0.05, 0) is 32.1 Å². The van der Waals surface area contributed by atoms with E-state index >= 15 is 0 Å². The van der Waals surface area contributed by atoms with E-state index in [9.17, 15) is 0 Å². The predicted molar refractivity (Wildman–Crippen MR) is 64.2 cm³/mol. The van der Waals surface area contributed by atoms with Gasteiger partial charge >= 0.3 is 0 Å². The molecule has 2 atom stereocenters. The Labute approximate surface area is 89.4 Å². The standard InChI is InChI=1S/C12H28N2/c1-10(13)8-6-7-9-12(5,14)11(2,3)4/h10H,6-9,13-14H2,1-5H3. The van der Waals surface area contributed by atoms with Crippen molar-refractivity contribution >= 4 is 0 Å². The fourth-order valence-corrected chi connectivity index (χ4v) is 1.33. The summed E-state index contributed by atoms with van der Waals surface area (Å²) in [6.45, 7) is 10.8. The fourth-order valence-electron chi connectivity index (χ4n) is 1.33. The number of unbranched alkanes of at least 4 members (excludes halogenated alkanes) is 1. The minimum absolute atomic E-state index is 0.0646. The maximum atomic E-state index is 6.28. The van der Waals surface area contributed by atoms with E-state index in [1.54, 1.807) is 0 Å². The first kappa shape index (κ1) is 13.9. The topological polar surface area (TPSA) is 52.0 Å². The largest absolute Gasteiger partial charge is 0.328 e. The molecule has 0 radical (unpaired) electrons. The Balaban J connectivity index is 3.78. The van der Waals surface area contributed by atoms with Crippen LogP contribution in [0, 0.1) is 5.41 Å². The van der Waals surface area contributed by atoms with Crippen LogP contribution in [0.1, 0.15) is 60.3 Å². The van der Waals surface area contributed by atoms with E-state index in [4.69, 9.17) is 11.5 Å². The van der Waals surface area contributed by atoms with Gasteiger partial charge in [-0.2, -0.15) is 0 Å². The van der Waals surface area contributed by atoms with Crippen LogP contribution in [-0.2, 0) is 0 Å². The zero-order valence-corrected chi connectivity index (χ0v) is 10.6. The normalized spacial score (nSPS) is 19.1. The molecule has 86 valence electrons. The van der Waals surface area contributed by atoms with Crippen LogP contribution in [0.4, 0.5) is 0 Å². The van der Waals surface area contributed by atoms with Crippen LogP contribution in [0.2, 0.25) is 0 Å². The van der Waals surface area contributed by atoms with Crippen molar-refractivity contribution < 1.29 is 0 Å². The van der Waals surface area contributed by atoms with Gasteiger partial charge in [-0.3, -0.25) is 0 Å². The van der Waals surface area contributed by atoms with Crippen molar-refractivity contribution in [2.45, 2.75) is 71.9 Å². The summed E-state index contributed by atoms with van der Waals surface area (Å²) in [5.41, 5.74) is 12.1. The van der Waals surface area contributed by atoms with Crippen LogP contribution in [0.25, 0.3) is 0 Å². The minimum atomic E-state index is -0.0646. The van der Waals surface area contributed by atoms with Gasteiger partial charge in [0.2, 0.25) is 0 Å². The van der Waals surface area contributed by atoms with Gasteiger partial charge in [-0.1, -0.05) is 33.6 Å². The SMILES string of the molecule is CC(N)CCCCC(C)(N)C(C)(C)C. The Morgan fingerprint density at radius 2 is 1.57 bits per heavy atom. The van der Waals surface area contributed by atoms with E-state index in [1.807, 2.05) is 0 Å². The van der Waals surface area contributed by atoms with Crippen molar-refractivity contribution in [1.82, 2.24) is 0 Å². The average Bonchev–Trinajstić information content (AvgIpc) is 1.95. The highest BCUT2D eigenvalue weighted by Gasteiger charge is 2.32. The van der Waals surface area contributed by atoms with E-state index in [1.165, 1.54) is 12.8 Å². The van der Waals surface area contributed by atoms with Gasteiger partial charge < -0.3 is 11.5 Å². The third-order valence-corrected chi connectivity index (χ3v) is 3.32. The van der Waals surface area contributed by atoms with Crippen molar-refractivity contribution in [1.29, 1.82) is 0 Å². The molecular weight excluding hydrogens is 172 g/mol. The van der Waals surface area contributed by atoms with Crippen molar-refractivity contribution in [3.05, 3.63) is 0 Å². The van der Waals surface area contributed by atoms with Crippen molar-refractivity contribution in [3.63, 3.8) is 0 Å². The molecule has 2 unspecified atom stereocenters. The van der Waals surface area contributed by atoms with E-state index in [0.29, 0.717) is 6.04 Å². The van der Waals surface area contributed by atoms with Gasteiger partial charge in [0.05, 0.1) is 0 Å². The molecule has 2 heteroatoms. The molecule has 0 rings (SSSR count). The number of rotatable bonds is 5. The maximum absolute atomic E-state index is 6.28. The lowest BCUT2D eigenvalue weighted by molar-refractivity contribution is 0.189. The molecule has 14 heavy (non-hydrogen) atoms. The molecular formula is C12H28N2. The summed E-state index contributed by atoms with van der Waals surface area (Å²) in [5, 5.41) is 0. The summed E-state index contributed by atoms with van der Waals surface area (Å²) >= 11 is 0. The molecule has 0 aliphatic rings. The maximum Gasteiger partial charge on any atom is 0.0174 e. The molecule has 0 aliphatic heterocycles. The molecule has 0 aromatic carbocycles. The smallest absolute Gasteiger partial charge is 0.0174 e. The third-order valence-electron chi connectivity index (χ3n) is 3.32. The van der Waals surface area contributed by atoms with Gasteiger partial charge in [-0.25, -0.2) is 0 Å². The second kappa shape index (κ2) is 5.13. The summed E-state index contributed by atoms with van der Waals surface area (Å²) < 4.78 is 0. The summed E-state index contributed by atoms with van der Waals surface area (Å²) in [4.78, 5) is 0. The van der Waals surface area contributed by atoms with Gasteiger partial charge in [0.25, 0.3) is 0 Å². The lowest BCUT2D eigenvalue weighted by Gasteiger charge is -2.38. The first-order valence-electron chi connectivity index (χ1n) is 5.71. The zero-order chi connectivity index (χ0) is 11.4. The molecule has 2 nitrogen and oxygen atoms in total. The van der Waals surface area contributed by atoms with Gasteiger partial charge in [0.1, 0.15) is 0 Å². The Morgan fingerprint density at radius 3 is 1.93 bits per heavy atom. The lowest BCUT2D eigenvalue weighted by Crippen LogP contribution is -2.48. The number of nitrogens with two attached hydrogens (primary N) is 2. The molecule has 0 spiro atoms. The second-order valence-electron chi connectivity index (χ2n) is 5.89. The molecule has 0 amide bonds. The van der Waals surface area contributed by atoms with Gasteiger partial charge in [0, 0.05) is 11.6 Å². The Morgan fingerprint density at radius 1 is 1.07 bits per heavy atom. The van der Waals surface area contributed by atoms with Crippen LogP contribution in [0.3, 0.4) is 0 Å².